The lowest BCUT2D eigenvalue weighted by atomic mass is 10.0. The molecule has 35 heavy (non-hydrogen) atoms. The van der Waals surface area contributed by atoms with Crippen LogP contribution >= 0.6 is 30.9 Å². The molecule has 0 amide bonds. The molecule has 1 heterocycles. The summed E-state index contributed by atoms with van der Waals surface area (Å²) in [7, 11) is -2.84. The SMILES string of the molecule is C[C@H](NCCc1ccc(O)cc1)[C@H](O)c1ccc(O)cc1.O=P1(NCCCl)OCCCN1CCCl. The van der Waals surface area contributed by atoms with E-state index in [-0.39, 0.29) is 17.5 Å². The Morgan fingerprint density at radius 3 is 2.26 bits per heavy atom. The number of nitrogens with one attached hydrogen (secondary N) is 2. The molecule has 196 valence electrons. The third-order valence-electron chi connectivity index (χ3n) is 5.47. The highest BCUT2D eigenvalue weighted by Crippen LogP contribution is 2.48. The van der Waals surface area contributed by atoms with Gasteiger partial charge in [0.15, 0.2) is 0 Å². The summed E-state index contributed by atoms with van der Waals surface area (Å²) < 4.78 is 19.2. The Hall–Kier alpha value is -1.35. The predicted octanol–water partition coefficient (Wildman–Crippen LogP) is 4.24. The second-order valence-corrected chi connectivity index (χ2v) is 11.1. The smallest absolute Gasteiger partial charge is 0.343 e. The van der Waals surface area contributed by atoms with Crippen LogP contribution in [0, 0.1) is 0 Å². The number of aliphatic hydroxyl groups excluding tert-OH is 1. The Kier molecular flexibility index (Phi) is 13.4. The van der Waals surface area contributed by atoms with Crippen molar-refractivity contribution in [3.63, 3.8) is 0 Å². The molecular weight excluding hydrogens is 512 g/mol. The first-order valence-corrected chi connectivity index (χ1v) is 14.3. The van der Waals surface area contributed by atoms with Gasteiger partial charge in [0.05, 0.1) is 12.7 Å². The molecular formula is C24H36Cl2N3O5P. The van der Waals surface area contributed by atoms with E-state index in [2.05, 4.69) is 10.4 Å². The molecule has 8 nitrogen and oxygen atoms in total. The van der Waals surface area contributed by atoms with Crippen molar-refractivity contribution in [1.29, 1.82) is 0 Å². The van der Waals surface area contributed by atoms with Gasteiger partial charge >= 0.3 is 7.67 Å². The van der Waals surface area contributed by atoms with Crippen molar-refractivity contribution < 1.29 is 24.4 Å². The zero-order chi connectivity index (χ0) is 25.7. The largest absolute Gasteiger partial charge is 0.508 e. The van der Waals surface area contributed by atoms with Gasteiger partial charge in [-0.05, 0) is 61.7 Å². The molecule has 0 aromatic heterocycles. The van der Waals surface area contributed by atoms with Gasteiger partial charge in [-0.15, -0.1) is 23.2 Å². The Balaban J connectivity index is 0.000000269. The molecule has 1 unspecified atom stereocenters. The average molecular weight is 548 g/mol. The Labute approximate surface area is 217 Å². The zero-order valence-electron chi connectivity index (χ0n) is 19.9. The summed E-state index contributed by atoms with van der Waals surface area (Å²) in [5, 5.41) is 34.8. The number of alkyl halides is 2. The highest BCUT2D eigenvalue weighted by Gasteiger charge is 2.33. The fraction of sp³-hybridized carbons (Fsp3) is 0.500. The lowest BCUT2D eigenvalue weighted by molar-refractivity contribution is 0.136. The van der Waals surface area contributed by atoms with Crippen molar-refractivity contribution >= 4 is 30.9 Å². The molecule has 1 fully saturated rings. The number of phenols is 2. The van der Waals surface area contributed by atoms with E-state index in [9.17, 15) is 19.9 Å². The van der Waals surface area contributed by atoms with Gasteiger partial charge in [-0.3, -0.25) is 4.57 Å². The Bertz CT molecular complexity index is 903. The second-order valence-electron chi connectivity index (χ2n) is 8.14. The molecule has 1 aliphatic heterocycles. The number of hydrogen-bond acceptors (Lipinski definition) is 6. The third-order valence-corrected chi connectivity index (χ3v) is 8.13. The first-order valence-electron chi connectivity index (χ1n) is 11.6. The molecule has 5 N–H and O–H groups in total. The van der Waals surface area contributed by atoms with E-state index < -0.39 is 13.8 Å². The molecule has 0 bridgehead atoms. The fourth-order valence-electron chi connectivity index (χ4n) is 3.50. The topological polar surface area (TPSA) is 114 Å². The summed E-state index contributed by atoms with van der Waals surface area (Å²) in [5.41, 5.74) is 1.91. The number of nitrogens with zero attached hydrogens (tertiary/aromatic N) is 1. The molecule has 1 aliphatic rings. The number of hydrogen-bond donors (Lipinski definition) is 5. The highest BCUT2D eigenvalue weighted by atomic mass is 35.5. The van der Waals surface area contributed by atoms with E-state index in [1.54, 1.807) is 41.1 Å². The summed E-state index contributed by atoms with van der Waals surface area (Å²) in [4.78, 5) is 0. The number of benzene rings is 2. The molecule has 2 aromatic carbocycles. The van der Waals surface area contributed by atoms with Gasteiger partial charge in [0.2, 0.25) is 0 Å². The molecule has 3 rings (SSSR count). The Morgan fingerprint density at radius 1 is 1.03 bits per heavy atom. The number of aromatic hydroxyl groups is 2. The van der Waals surface area contributed by atoms with E-state index in [0.29, 0.717) is 31.5 Å². The summed E-state index contributed by atoms with van der Waals surface area (Å²) in [5.74, 6) is 1.33. The lowest BCUT2D eigenvalue weighted by Crippen LogP contribution is -2.36. The van der Waals surface area contributed by atoms with Gasteiger partial charge in [-0.1, -0.05) is 24.3 Å². The first-order chi connectivity index (χ1) is 16.8. The maximum Gasteiger partial charge on any atom is 0.343 e. The maximum absolute atomic E-state index is 12.2. The summed E-state index contributed by atoms with van der Waals surface area (Å²) in [6.45, 7) is 5.02. The van der Waals surface area contributed by atoms with Crippen LogP contribution in [0.25, 0.3) is 0 Å². The quantitative estimate of drug-likeness (QED) is 0.209. The molecule has 1 saturated heterocycles. The summed E-state index contributed by atoms with van der Waals surface area (Å²) >= 11 is 11.1. The lowest BCUT2D eigenvalue weighted by Gasteiger charge is -2.34. The van der Waals surface area contributed by atoms with E-state index in [1.807, 2.05) is 19.1 Å². The van der Waals surface area contributed by atoms with Crippen LogP contribution in [0.5, 0.6) is 11.5 Å². The predicted molar refractivity (Wildman–Crippen MR) is 142 cm³/mol. The zero-order valence-corrected chi connectivity index (χ0v) is 22.4. The van der Waals surface area contributed by atoms with E-state index in [0.717, 1.165) is 37.1 Å². The molecule has 3 atom stereocenters. The van der Waals surface area contributed by atoms with Crippen molar-refractivity contribution in [2.24, 2.45) is 0 Å². The number of halogens is 2. The van der Waals surface area contributed by atoms with Crippen molar-refractivity contribution in [3.8, 4) is 11.5 Å². The van der Waals surface area contributed by atoms with Gasteiger partial charge in [0, 0.05) is 37.4 Å². The minimum atomic E-state index is -2.84. The molecule has 0 saturated carbocycles. The van der Waals surface area contributed by atoms with Gasteiger partial charge in [-0.25, -0.2) is 9.76 Å². The monoisotopic (exact) mass is 547 g/mol. The van der Waals surface area contributed by atoms with Crippen molar-refractivity contribution in [2.45, 2.75) is 31.9 Å². The molecule has 0 radical (unpaired) electrons. The fourth-order valence-corrected chi connectivity index (χ4v) is 6.04. The van der Waals surface area contributed by atoms with Crippen LogP contribution in [0.2, 0.25) is 0 Å². The number of rotatable bonds is 11. The first kappa shape index (κ1) is 29.9. The van der Waals surface area contributed by atoms with Crippen molar-refractivity contribution in [1.82, 2.24) is 15.1 Å². The molecule has 0 aliphatic carbocycles. The van der Waals surface area contributed by atoms with Crippen LogP contribution in [-0.4, -0.2) is 70.6 Å². The van der Waals surface area contributed by atoms with Crippen LogP contribution in [0.3, 0.4) is 0 Å². The Morgan fingerprint density at radius 2 is 1.66 bits per heavy atom. The summed E-state index contributed by atoms with van der Waals surface area (Å²) in [6, 6.07) is 13.6. The molecule has 11 heteroatoms. The van der Waals surface area contributed by atoms with Gasteiger partial charge < -0.3 is 25.2 Å². The van der Waals surface area contributed by atoms with Crippen LogP contribution in [0.4, 0.5) is 0 Å². The van der Waals surface area contributed by atoms with Crippen LogP contribution in [0.15, 0.2) is 48.5 Å². The minimum absolute atomic E-state index is 0.0911. The third kappa shape index (κ3) is 10.3. The number of aliphatic hydroxyl groups is 1. The van der Waals surface area contributed by atoms with Crippen LogP contribution in [-0.2, 0) is 15.5 Å². The molecule has 0 spiro atoms. The van der Waals surface area contributed by atoms with Crippen LogP contribution < -0.4 is 10.4 Å². The second kappa shape index (κ2) is 15.7. The normalized spacial score (nSPS) is 20.0. The van der Waals surface area contributed by atoms with Crippen molar-refractivity contribution in [3.05, 3.63) is 59.7 Å². The van der Waals surface area contributed by atoms with Crippen LogP contribution in [0.1, 0.15) is 30.6 Å². The minimum Gasteiger partial charge on any atom is -0.508 e. The van der Waals surface area contributed by atoms with Gasteiger partial charge in [-0.2, -0.15) is 0 Å². The van der Waals surface area contributed by atoms with E-state index in [4.69, 9.17) is 27.7 Å². The van der Waals surface area contributed by atoms with E-state index in [1.165, 1.54) is 0 Å². The van der Waals surface area contributed by atoms with Gasteiger partial charge in [0.1, 0.15) is 11.5 Å². The highest BCUT2D eigenvalue weighted by molar-refractivity contribution is 7.54. The maximum atomic E-state index is 12.2. The summed E-state index contributed by atoms with van der Waals surface area (Å²) in [6.07, 6.45) is 1.10. The standard InChI is InChI=1S/C17H21NO3.C7H15Cl2N2O2P/c1-12(17(21)14-4-8-16(20)9-5-14)18-11-10-13-2-6-15(19)7-3-13;8-2-4-10-14(12)11(6-3-9)5-1-7-13-14/h2-9,12,17-21H,10-11H2,1H3;1-7H2,(H,10,12)/t12-,17-;/m0./s1. The average Bonchev–Trinajstić information content (AvgIpc) is 2.86. The van der Waals surface area contributed by atoms with Gasteiger partial charge in [0.25, 0.3) is 0 Å². The van der Waals surface area contributed by atoms with E-state index >= 15 is 0 Å². The number of phenolic OH excluding ortho intramolecular Hbond substituents is 2. The van der Waals surface area contributed by atoms with Crippen molar-refractivity contribution in [2.75, 3.05) is 44.5 Å². The molecule has 2 aromatic rings.